The van der Waals surface area contributed by atoms with Crippen LogP contribution in [0.15, 0.2) is 71.6 Å². The second-order valence-corrected chi connectivity index (χ2v) is 16.9. The van der Waals surface area contributed by atoms with E-state index in [9.17, 15) is 5.11 Å². The number of hydrogen-bond acceptors (Lipinski definition) is 5. The van der Waals surface area contributed by atoms with Gasteiger partial charge >= 0.3 is 0 Å². The molecule has 0 bridgehead atoms. The molecule has 1 heterocycles. The number of benzene rings is 3. The first-order valence-electron chi connectivity index (χ1n) is 12.4. The molecule has 0 spiro atoms. The van der Waals surface area contributed by atoms with E-state index >= 15 is 0 Å². The zero-order valence-electron chi connectivity index (χ0n) is 22.4. The van der Waals surface area contributed by atoms with Gasteiger partial charge in [-0.05, 0) is 59.1 Å². The Morgan fingerprint density at radius 1 is 0.944 bits per heavy atom. The van der Waals surface area contributed by atoms with Gasteiger partial charge in [0.1, 0.15) is 17.1 Å². The van der Waals surface area contributed by atoms with Crippen LogP contribution in [0.5, 0.6) is 11.5 Å². The Labute approximate surface area is 221 Å². The van der Waals surface area contributed by atoms with E-state index in [1.807, 2.05) is 42.5 Å². The lowest BCUT2D eigenvalue weighted by Gasteiger charge is -2.42. The third-order valence-electron chi connectivity index (χ3n) is 7.80. The Morgan fingerprint density at radius 3 is 2.25 bits per heavy atom. The molecule has 36 heavy (non-hydrogen) atoms. The molecule has 0 amide bonds. The van der Waals surface area contributed by atoms with Crippen LogP contribution in [-0.4, -0.2) is 33.4 Å². The lowest BCUT2D eigenvalue weighted by molar-refractivity contribution is 0.0521. The molecule has 2 atom stereocenters. The number of aliphatic hydroxyl groups is 1. The van der Waals surface area contributed by atoms with E-state index in [-0.39, 0.29) is 11.0 Å². The van der Waals surface area contributed by atoms with Crippen molar-refractivity contribution in [1.29, 1.82) is 0 Å². The summed E-state index contributed by atoms with van der Waals surface area (Å²) in [4.78, 5) is 1.05. The van der Waals surface area contributed by atoms with Gasteiger partial charge in [0, 0.05) is 22.1 Å². The van der Waals surface area contributed by atoms with Crippen LogP contribution >= 0.6 is 11.8 Å². The monoisotopic (exact) mass is 522 g/mol. The number of methoxy groups -OCH3 is 2. The van der Waals surface area contributed by atoms with Gasteiger partial charge < -0.3 is 19.0 Å². The lowest BCUT2D eigenvalue weighted by Crippen LogP contribution is -2.40. The van der Waals surface area contributed by atoms with Crippen molar-refractivity contribution in [1.82, 2.24) is 0 Å². The van der Waals surface area contributed by atoms with Gasteiger partial charge in [0.25, 0.3) is 0 Å². The molecule has 1 N–H and O–H groups in total. The van der Waals surface area contributed by atoms with Crippen molar-refractivity contribution in [3.8, 4) is 11.5 Å². The Kier molecular flexibility index (Phi) is 7.63. The summed E-state index contributed by atoms with van der Waals surface area (Å²) in [6.07, 6.45) is 0. The van der Waals surface area contributed by atoms with E-state index in [1.165, 1.54) is 0 Å². The SMILES string of the molecule is COc1ccc(C2CSc3cc(OC)ccc3C2(O)c2cccc(CO[Si](C)(C)C(C)(C)C)c2)cc1. The normalized spacial score (nSPS) is 20.1. The summed E-state index contributed by atoms with van der Waals surface area (Å²) >= 11 is 1.76. The summed E-state index contributed by atoms with van der Waals surface area (Å²) < 4.78 is 17.4. The molecular weight excluding hydrogens is 484 g/mol. The minimum atomic E-state index is -1.90. The van der Waals surface area contributed by atoms with Gasteiger partial charge in [-0.3, -0.25) is 0 Å². The number of ether oxygens (including phenoxy) is 2. The summed E-state index contributed by atoms with van der Waals surface area (Å²) in [6, 6.07) is 22.3. The van der Waals surface area contributed by atoms with E-state index in [4.69, 9.17) is 13.9 Å². The van der Waals surface area contributed by atoms with Crippen molar-refractivity contribution in [3.05, 3.63) is 89.0 Å². The molecule has 6 heteroatoms. The fourth-order valence-corrected chi connectivity index (χ4v) is 6.77. The Balaban J connectivity index is 1.78. The van der Waals surface area contributed by atoms with Gasteiger partial charge in [-0.25, -0.2) is 0 Å². The number of rotatable bonds is 7. The minimum absolute atomic E-state index is 0.133. The maximum absolute atomic E-state index is 12.7. The average Bonchev–Trinajstić information content (AvgIpc) is 2.87. The summed E-state index contributed by atoms with van der Waals surface area (Å²) in [5.41, 5.74) is 2.74. The second-order valence-electron chi connectivity index (χ2n) is 11.0. The highest BCUT2D eigenvalue weighted by atomic mass is 32.2. The Hall–Kier alpha value is -2.25. The highest BCUT2D eigenvalue weighted by molar-refractivity contribution is 7.99. The smallest absolute Gasteiger partial charge is 0.192 e. The van der Waals surface area contributed by atoms with Crippen LogP contribution in [0, 0.1) is 0 Å². The van der Waals surface area contributed by atoms with Crippen LogP contribution in [0.3, 0.4) is 0 Å². The fourth-order valence-electron chi connectivity index (χ4n) is 4.45. The zero-order chi connectivity index (χ0) is 26.1. The van der Waals surface area contributed by atoms with E-state index in [0.29, 0.717) is 6.61 Å². The van der Waals surface area contributed by atoms with Crippen LogP contribution < -0.4 is 9.47 Å². The molecule has 0 saturated carbocycles. The zero-order valence-corrected chi connectivity index (χ0v) is 24.2. The van der Waals surface area contributed by atoms with Crippen molar-refractivity contribution in [2.75, 3.05) is 20.0 Å². The van der Waals surface area contributed by atoms with Crippen LogP contribution in [0.4, 0.5) is 0 Å². The molecule has 2 unspecified atom stereocenters. The van der Waals surface area contributed by atoms with Gasteiger partial charge in [-0.15, -0.1) is 11.8 Å². The molecule has 0 saturated heterocycles. The van der Waals surface area contributed by atoms with Gasteiger partial charge in [0.15, 0.2) is 8.32 Å². The lowest BCUT2D eigenvalue weighted by atomic mass is 9.73. The van der Waals surface area contributed by atoms with Gasteiger partial charge in [0.2, 0.25) is 0 Å². The van der Waals surface area contributed by atoms with Gasteiger partial charge in [0.05, 0.1) is 20.8 Å². The van der Waals surface area contributed by atoms with Crippen LogP contribution in [0.1, 0.15) is 48.9 Å². The number of thioether (sulfide) groups is 1. The van der Waals surface area contributed by atoms with Gasteiger partial charge in [-0.2, -0.15) is 0 Å². The average molecular weight is 523 g/mol. The van der Waals surface area contributed by atoms with Crippen molar-refractivity contribution in [2.24, 2.45) is 0 Å². The highest BCUT2D eigenvalue weighted by Crippen LogP contribution is 2.52. The summed E-state index contributed by atoms with van der Waals surface area (Å²) in [5.74, 6) is 2.21. The molecule has 1 aliphatic rings. The van der Waals surface area contributed by atoms with Crippen molar-refractivity contribution < 1.29 is 19.0 Å². The Morgan fingerprint density at radius 2 is 1.61 bits per heavy atom. The molecule has 0 aromatic heterocycles. The summed E-state index contributed by atoms with van der Waals surface area (Å²) in [5, 5.41) is 12.8. The first-order valence-corrected chi connectivity index (χ1v) is 16.3. The van der Waals surface area contributed by atoms with E-state index < -0.39 is 13.9 Å². The largest absolute Gasteiger partial charge is 0.497 e. The first-order chi connectivity index (χ1) is 17.0. The van der Waals surface area contributed by atoms with Crippen molar-refractivity contribution in [2.45, 2.75) is 61.9 Å². The van der Waals surface area contributed by atoms with E-state index in [0.717, 1.165) is 44.4 Å². The Bertz CT molecular complexity index is 1200. The molecule has 0 radical (unpaired) electrons. The molecule has 3 aromatic carbocycles. The summed E-state index contributed by atoms with van der Waals surface area (Å²) in [6.45, 7) is 11.8. The van der Waals surface area contributed by atoms with Crippen LogP contribution in [0.25, 0.3) is 0 Å². The topological polar surface area (TPSA) is 47.9 Å². The molecule has 1 aliphatic heterocycles. The molecule has 4 rings (SSSR count). The van der Waals surface area contributed by atoms with Crippen molar-refractivity contribution >= 4 is 20.1 Å². The quantitative estimate of drug-likeness (QED) is 0.329. The predicted molar refractivity (Wildman–Crippen MR) is 151 cm³/mol. The molecule has 0 aliphatic carbocycles. The summed E-state index contributed by atoms with van der Waals surface area (Å²) in [7, 11) is 1.45. The standard InChI is InChI=1S/C30H38O4SSi/c1-29(2,3)36(6,7)34-19-21-9-8-10-23(17-21)30(31)26-16-15-25(33-5)18-28(26)35-20-27(30)22-11-13-24(32-4)14-12-22/h8-18,27,31H,19-20H2,1-7H3. The van der Waals surface area contributed by atoms with Crippen LogP contribution in [0.2, 0.25) is 18.1 Å². The first kappa shape index (κ1) is 26.8. The molecule has 192 valence electrons. The third-order valence-corrected chi connectivity index (χ3v) is 13.4. The number of hydrogen-bond donors (Lipinski definition) is 1. The minimum Gasteiger partial charge on any atom is -0.497 e. The van der Waals surface area contributed by atoms with Crippen molar-refractivity contribution in [3.63, 3.8) is 0 Å². The van der Waals surface area contributed by atoms with E-state index in [1.54, 1.807) is 26.0 Å². The maximum Gasteiger partial charge on any atom is 0.192 e. The number of fused-ring (bicyclic) bond motifs is 1. The predicted octanol–water partition coefficient (Wildman–Crippen LogP) is 7.35. The van der Waals surface area contributed by atoms with E-state index in [2.05, 4.69) is 58.1 Å². The third kappa shape index (κ3) is 5.10. The molecule has 3 aromatic rings. The van der Waals surface area contributed by atoms with Crippen LogP contribution in [-0.2, 0) is 16.6 Å². The second kappa shape index (κ2) is 10.2. The molecule has 4 nitrogen and oxygen atoms in total. The van der Waals surface area contributed by atoms with Gasteiger partial charge in [-0.1, -0.05) is 63.2 Å². The highest BCUT2D eigenvalue weighted by Gasteiger charge is 2.46. The maximum atomic E-state index is 12.7. The fraction of sp³-hybridized carbons (Fsp3) is 0.400. The molecule has 0 fully saturated rings. The molecular formula is C30H38O4SSi.